The average molecular weight is 1400 g/mol. The van der Waals surface area contributed by atoms with Crippen molar-refractivity contribution in [2.45, 2.75) is 407 Å². The van der Waals surface area contributed by atoms with E-state index in [0.29, 0.717) is 25.7 Å². The van der Waals surface area contributed by atoms with Crippen LogP contribution in [0.25, 0.3) is 0 Å². The first kappa shape index (κ1) is 93.1. The summed E-state index contributed by atoms with van der Waals surface area (Å²) in [5, 5.41) is 10.6. The van der Waals surface area contributed by atoms with Crippen molar-refractivity contribution in [3.8, 4) is 0 Å². The van der Waals surface area contributed by atoms with Gasteiger partial charge in [0, 0.05) is 25.7 Å². The summed E-state index contributed by atoms with van der Waals surface area (Å²) in [4.78, 5) is 72.8. The predicted molar refractivity (Wildman–Crippen MR) is 386 cm³/mol. The SMILES string of the molecule is CCCCCCCCCCCCCCCCCCCC(=O)OC[C@H](COP(=O)(O)OC[C@@H](O)COP(=O)(O)OC[C@@H](COC(=O)CCCCCCCCC(C)CC)OC(=O)CCCCCCCCC(C)CC)OC(=O)CCCCCCCCCCCCCCCCCC(C)C. The zero-order valence-electron chi connectivity index (χ0n) is 62.1. The molecule has 7 atom stereocenters. The van der Waals surface area contributed by atoms with Gasteiger partial charge in [0.05, 0.1) is 26.4 Å². The number of aliphatic hydroxyl groups is 1. The highest BCUT2D eigenvalue weighted by molar-refractivity contribution is 7.47. The van der Waals surface area contributed by atoms with Crippen LogP contribution in [0.3, 0.4) is 0 Å². The average Bonchev–Trinajstić information content (AvgIpc) is 2.15. The van der Waals surface area contributed by atoms with Gasteiger partial charge in [-0.15, -0.1) is 0 Å². The molecule has 0 amide bonds. The Bertz CT molecular complexity index is 1860. The number of hydrogen-bond donors (Lipinski definition) is 3. The second-order valence-electron chi connectivity index (χ2n) is 28.4. The van der Waals surface area contributed by atoms with E-state index in [0.717, 1.165) is 114 Å². The van der Waals surface area contributed by atoms with Gasteiger partial charge in [-0.25, -0.2) is 9.13 Å². The summed E-state index contributed by atoms with van der Waals surface area (Å²) in [6.07, 6.45) is 52.9. The van der Waals surface area contributed by atoms with Gasteiger partial charge >= 0.3 is 39.5 Å². The van der Waals surface area contributed by atoms with Crippen LogP contribution < -0.4 is 0 Å². The number of ether oxygens (including phenoxy) is 4. The van der Waals surface area contributed by atoms with E-state index in [-0.39, 0.29) is 25.7 Å². The molecule has 4 unspecified atom stereocenters. The molecular formula is C76H148O17P2. The van der Waals surface area contributed by atoms with E-state index in [1.807, 2.05) is 0 Å². The minimum atomic E-state index is -4.96. The summed E-state index contributed by atoms with van der Waals surface area (Å²) in [5.74, 6) is 0.132. The van der Waals surface area contributed by atoms with E-state index < -0.39 is 97.5 Å². The van der Waals surface area contributed by atoms with E-state index in [1.165, 1.54) is 193 Å². The molecule has 0 spiro atoms. The molecule has 17 nitrogen and oxygen atoms in total. The maximum atomic E-state index is 13.1. The van der Waals surface area contributed by atoms with Gasteiger partial charge in [0.1, 0.15) is 19.3 Å². The molecule has 0 aromatic heterocycles. The van der Waals surface area contributed by atoms with Crippen LogP contribution in [0.5, 0.6) is 0 Å². The van der Waals surface area contributed by atoms with Crippen LogP contribution in [0, 0.1) is 17.8 Å². The maximum Gasteiger partial charge on any atom is 0.472 e. The van der Waals surface area contributed by atoms with Crippen LogP contribution in [0.15, 0.2) is 0 Å². The lowest BCUT2D eigenvalue weighted by Crippen LogP contribution is -2.30. The highest BCUT2D eigenvalue weighted by atomic mass is 31.2. The van der Waals surface area contributed by atoms with Crippen LogP contribution in [0.4, 0.5) is 0 Å². The molecule has 564 valence electrons. The molecule has 0 radical (unpaired) electrons. The lowest BCUT2D eigenvalue weighted by atomic mass is 10.00. The van der Waals surface area contributed by atoms with Crippen LogP contribution >= 0.6 is 15.6 Å². The van der Waals surface area contributed by atoms with Crippen LogP contribution in [0.1, 0.15) is 389 Å². The molecule has 19 heteroatoms. The number of hydrogen-bond acceptors (Lipinski definition) is 15. The first-order valence-corrected chi connectivity index (χ1v) is 42.4. The largest absolute Gasteiger partial charge is 0.472 e. The summed E-state index contributed by atoms with van der Waals surface area (Å²) < 4.78 is 68.5. The zero-order chi connectivity index (χ0) is 70.1. The molecule has 0 bridgehead atoms. The van der Waals surface area contributed by atoms with Crippen molar-refractivity contribution in [2.75, 3.05) is 39.6 Å². The third-order valence-corrected chi connectivity index (χ3v) is 20.3. The summed E-state index contributed by atoms with van der Waals surface area (Å²) in [6, 6.07) is 0. The fourth-order valence-electron chi connectivity index (χ4n) is 11.5. The fraction of sp³-hybridized carbons (Fsp3) is 0.947. The van der Waals surface area contributed by atoms with Crippen molar-refractivity contribution in [1.82, 2.24) is 0 Å². The van der Waals surface area contributed by atoms with E-state index in [1.54, 1.807) is 0 Å². The molecule has 0 heterocycles. The maximum absolute atomic E-state index is 13.1. The Balaban J connectivity index is 5.23. The van der Waals surface area contributed by atoms with E-state index in [9.17, 15) is 43.2 Å². The molecule has 0 aromatic rings. The molecule has 0 aliphatic rings. The highest BCUT2D eigenvalue weighted by Gasteiger charge is 2.30. The fourth-order valence-corrected chi connectivity index (χ4v) is 13.1. The minimum absolute atomic E-state index is 0.102. The van der Waals surface area contributed by atoms with E-state index in [4.69, 9.17) is 37.0 Å². The molecule has 3 N–H and O–H groups in total. The topological polar surface area (TPSA) is 237 Å². The Morgan fingerprint density at radius 1 is 0.305 bits per heavy atom. The van der Waals surface area contributed by atoms with Gasteiger partial charge in [-0.05, 0) is 43.4 Å². The van der Waals surface area contributed by atoms with Crippen LogP contribution in [-0.2, 0) is 65.4 Å². The number of rotatable bonds is 74. The molecule has 0 aliphatic heterocycles. The van der Waals surface area contributed by atoms with Crippen LogP contribution in [0.2, 0.25) is 0 Å². The third-order valence-electron chi connectivity index (χ3n) is 18.4. The molecule has 0 aromatic carbocycles. The molecule has 0 rings (SSSR count). The summed E-state index contributed by atoms with van der Waals surface area (Å²) >= 11 is 0. The van der Waals surface area contributed by atoms with Gasteiger partial charge in [0.25, 0.3) is 0 Å². The number of carbonyl (C=O) groups is 4. The standard InChI is InChI=1S/C76H148O17P2/c1-8-11-12-13-14-15-16-17-18-19-22-25-28-31-34-43-50-57-73(78)86-63-71(92-75(80)59-52-45-35-32-29-26-23-20-21-24-27-30-33-40-47-54-67(4)5)65-90-94(82,83)88-61-70(77)62-89-95(84,85)91-66-72(93-76(81)60-53-46-39-37-42-49-56-69(7)10-3)64-87-74(79)58-51-44-38-36-41-48-55-68(6)9-2/h67-72,77H,8-66H2,1-7H3,(H,82,83)(H,84,85)/t68?,69?,70-,71-,72-/m1/s1. The smallest absolute Gasteiger partial charge is 0.462 e. The lowest BCUT2D eigenvalue weighted by Gasteiger charge is -2.21. The van der Waals surface area contributed by atoms with Gasteiger partial charge in [0.15, 0.2) is 12.2 Å². The number of aliphatic hydroxyl groups excluding tert-OH is 1. The Hall–Kier alpha value is -1.94. The van der Waals surface area contributed by atoms with E-state index in [2.05, 4.69) is 48.5 Å². The van der Waals surface area contributed by atoms with Gasteiger partial charge in [-0.2, -0.15) is 0 Å². The molecular weight excluding hydrogens is 1250 g/mol. The van der Waals surface area contributed by atoms with Crippen molar-refractivity contribution in [3.63, 3.8) is 0 Å². The first-order valence-electron chi connectivity index (χ1n) is 39.4. The second-order valence-corrected chi connectivity index (χ2v) is 31.3. The zero-order valence-corrected chi connectivity index (χ0v) is 63.9. The monoisotopic (exact) mass is 1400 g/mol. The van der Waals surface area contributed by atoms with Crippen molar-refractivity contribution >= 4 is 39.5 Å². The Labute approximate surface area is 581 Å². The quantitative estimate of drug-likeness (QED) is 0.0222. The van der Waals surface area contributed by atoms with Crippen molar-refractivity contribution in [2.24, 2.45) is 17.8 Å². The molecule has 0 saturated carbocycles. The molecule has 0 aliphatic carbocycles. The number of phosphoric acid groups is 2. The van der Waals surface area contributed by atoms with E-state index >= 15 is 0 Å². The molecule has 0 fully saturated rings. The number of esters is 4. The van der Waals surface area contributed by atoms with Gasteiger partial charge in [-0.3, -0.25) is 37.3 Å². The number of carbonyl (C=O) groups excluding carboxylic acids is 4. The minimum Gasteiger partial charge on any atom is -0.462 e. The highest BCUT2D eigenvalue weighted by Crippen LogP contribution is 2.45. The van der Waals surface area contributed by atoms with Gasteiger partial charge in [0.2, 0.25) is 0 Å². The number of unbranched alkanes of at least 4 members (excludes halogenated alkanes) is 40. The Morgan fingerprint density at radius 2 is 0.537 bits per heavy atom. The first-order chi connectivity index (χ1) is 45.8. The number of phosphoric ester groups is 2. The molecule has 0 saturated heterocycles. The molecule has 95 heavy (non-hydrogen) atoms. The lowest BCUT2D eigenvalue weighted by molar-refractivity contribution is -0.161. The van der Waals surface area contributed by atoms with Crippen LogP contribution in [-0.4, -0.2) is 96.7 Å². The van der Waals surface area contributed by atoms with Crippen molar-refractivity contribution in [3.05, 3.63) is 0 Å². The summed E-state index contributed by atoms with van der Waals surface area (Å²) in [5.41, 5.74) is 0. The Morgan fingerprint density at radius 3 is 0.800 bits per heavy atom. The van der Waals surface area contributed by atoms with Gasteiger partial charge < -0.3 is 33.8 Å². The van der Waals surface area contributed by atoms with Gasteiger partial charge in [-0.1, -0.05) is 337 Å². The predicted octanol–water partition coefficient (Wildman–Crippen LogP) is 22.2. The Kier molecular flexibility index (Phi) is 65.2. The van der Waals surface area contributed by atoms with Crippen molar-refractivity contribution in [1.29, 1.82) is 0 Å². The second kappa shape index (κ2) is 66.6. The van der Waals surface area contributed by atoms with Crippen molar-refractivity contribution < 1.29 is 80.2 Å². The normalized spacial score (nSPS) is 14.6. The summed E-state index contributed by atoms with van der Waals surface area (Å²) in [6.45, 7) is 11.8. The summed E-state index contributed by atoms with van der Waals surface area (Å²) in [7, 11) is -9.91. The third kappa shape index (κ3) is 67.6.